The fourth-order valence-corrected chi connectivity index (χ4v) is 12.9. The van der Waals surface area contributed by atoms with E-state index in [-0.39, 0.29) is 29.1 Å². The lowest BCUT2D eigenvalue weighted by molar-refractivity contribution is -0.189. The standard InChI is InChI=1S/C37H67NO7S/c1-24-21-28(32(39)34(6,7)40)45-27-22-26(3)35(8,31(24)27)15-16-36-23-37(36)14-13-30(33(4,5)29(37)12-11-25(36)2)44-20-18-38(17-19-43-9)46(10,41)42/h24-32,39-40H,11-23H2,1-10H3/t24-,25-,26+,27?,28?,29?,30+,31?,32+,35+,36+,37?/m1/s1. The summed E-state index contributed by atoms with van der Waals surface area (Å²) in [7, 11) is -1.71. The molecule has 5 fully saturated rings. The van der Waals surface area contributed by atoms with Crippen LogP contribution in [-0.2, 0) is 24.2 Å². The Labute approximate surface area is 280 Å². The fourth-order valence-electron chi connectivity index (χ4n) is 12.0. The second-order valence-electron chi connectivity index (χ2n) is 18.1. The molecule has 5 unspecified atom stereocenters. The molecule has 1 aliphatic heterocycles. The molecule has 9 heteroatoms. The molecule has 1 saturated heterocycles. The number of aliphatic hydroxyl groups excluding tert-OH is 1. The van der Waals surface area contributed by atoms with Gasteiger partial charge in [-0.15, -0.1) is 0 Å². The maximum absolute atomic E-state index is 12.3. The number of fused-ring (bicyclic) bond motifs is 1. The van der Waals surface area contributed by atoms with Crippen molar-refractivity contribution in [3.63, 3.8) is 0 Å². The van der Waals surface area contributed by atoms with Crippen LogP contribution < -0.4 is 0 Å². The van der Waals surface area contributed by atoms with Crippen molar-refractivity contribution in [1.29, 1.82) is 0 Å². The molecule has 4 saturated carbocycles. The molecule has 4 aliphatic carbocycles. The second-order valence-corrected chi connectivity index (χ2v) is 20.1. The average Bonchev–Trinajstić information content (AvgIpc) is 3.55. The Kier molecular flexibility index (Phi) is 10.3. The van der Waals surface area contributed by atoms with Crippen molar-refractivity contribution >= 4 is 10.0 Å². The lowest BCUT2D eigenvalue weighted by atomic mass is 9.51. The average molecular weight is 670 g/mol. The van der Waals surface area contributed by atoms with Crippen molar-refractivity contribution in [3.8, 4) is 0 Å². The molecule has 2 N–H and O–H groups in total. The summed E-state index contributed by atoms with van der Waals surface area (Å²) in [6.45, 7) is 19.6. The van der Waals surface area contributed by atoms with Crippen LogP contribution in [0.25, 0.3) is 0 Å². The van der Waals surface area contributed by atoms with E-state index in [1.807, 2.05) is 0 Å². The van der Waals surface area contributed by atoms with E-state index >= 15 is 0 Å². The van der Waals surface area contributed by atoms with E-state index in [4.69, 9.17) is 14.2 Å². The van der Waals surface area contributed by atoms with Crippen molar-refractivity contribution in [2.75, 3.05) is 39.7 Å². The lowest BCUT2D eigenvalue weighted by Gasteiger charge is -2.55. The highest BCUT2D eigenvalue weighted by Crippen LogP contribution is 2.83. The van der Waals surface area contributed by atoms with Gasteiger partial charge in [0, 0.05) is 20.2 Å². The molecule has 0 aromatic rings. The van der Waals surface area contributed by atoms with E-state index in [1.54, 1.807) is 21.0 Å². The highest BCUT2D eigenvalue weighted by molar-refractivity contribution is 7.88. The molecule has 0 bridgehead atoms. The van der Waals surface area contributed by atoms with Crippen LogP contribution in [0.2, 0.25) is 0 Å². The van der Waals surface area contributed by atoms with Crippen LogP contribution >= 0.6 is 0 Å². The van der Waals surface area contributed by atoms with Crippen LogP contribution in [0, 0.1) is 51.2 Å². The predicted octanol–water partition coefficient (Wildman–Crippen LogP) is 5.89. The first-order valence-electron chi connectivity index (χ1n) is 18.4. The van der Waals surface area contributed by atoms with Crippen molar-refractivity contribution in [1.82, 2.24) is 4.31 Å². The Balaban J connectivity index is 1.25. The van der Waals surface area contributed by atoms with Crippen molar-refractivity contribution in [2.24, 2.45) is 51.2 Å². The first-order valence-corrected chi connectivity index (χ1v) is 20.2. The monoisotopic (exact) mass is 669 g/mol. The van der Waals surface area contributed by atoms with Crippen molar-refractivity contribution < 1.29 is 32.8 Å². The van der Waals surface area contributed by atoms with E-state index in [1.165, 1.54) is 49.1 Å². The number of methoxy groups -OCH3 is 1. The van der Waals surface area contributed by atoms with E-state index in [9.17, 15) is 18.6 Å². The van der Waals surface area contributed by atoms with Crippen molar-refractivity contribution in [3.05, 3.63) is 0 Å². The SMILES string of the molecule is COCCN(CCO[C@H]1CCC23C[C@@]2(CC[C@]2(C)C4C(C[C@@H]2C)OC([C@H](O)C(C)(C)O)C[C@H]4C)[C@H](C)CCC3C1(C)C)S(C)(=O)=O. The number of aliphatic hydroxyl groups is 2. The summed E-state index contributed by atoms with van der Waals surface area (Å²) >= 11 is 0. The van der Waals surface area contributed by atoms with Gasteiger partial charge < -0.3 is 24.4 Å². The van der Waals surface area contributed by atoms with Gasteiger partial charge in [-0.1, -0.05) is 41.5 Å². The number of nitrogens with zero attached hydrogens (tertiary/aromatic N) is 1. The third-order valence-electron chi connectivity index (χ3n) is 14.9. The van der Waals surface area contributed by atoms with Gasteiger partial charge in [-0.2, -0.15) is 4.31 Å². The topological polar surface area (TPSA) is 106 Å². The summed E-state index contributed by atoms with van der Waals surface area (Å²) in [6.07, 6.45) is 10.8. The Morgan fingerprint density at radius 2 is 1.67 bits per heavy atom. The van der Waals surface area contributed by atoms with E-state index in [2.05, 4.69) is 41.5 Å². The fraction of sp³-hybridized carbons (Fsp3) is 1.00. The molecular weight excluding hydrogens is 602 g/mol. The third-order valence-corrected chi connectivity index (χ3v) is 16.2. The highest BCUT2D eigenvalue weighted by Gasteiger charge is 2.76. The van der Waals surface area contributed by atoms with E-state index in [0.29, 0.717) is 60.8 Å². The van der Waals surface area contributed by atoms with Gasteiger partial charge in [0.25, 0.3) is 0 Å². The second kappa shape index (κ2) is 12.8. The first-order chi connectivity index (χ1) is 21.2. The van der Waals surface area contributed by atoms with Gasteiger partial charge in [-0.3, -0.25) is 0 Å². The number of rotatable bonds is 13. The molecule has 1 spiro atoms. The molecule has 0 amide bonds. The Hall–Kier alpha value is -0.290. The zero-order valence-electron chi connectivity index (χ0n) is 30.7. The first kappa shape index (κ1) is 37.0. The molecule has 12 atom stereocenters. The summed E-state index contributed by atoms with van der Waals surface area (Å²) < 4.78 is 44.4. The van der Waals surface area contributed by atoms with Gasteiger partial charge in [-0.05, 0) is 123 Å². The molecule has 46 heavy (non-hydrogen) atoms. The summed E-state index contributed by atoms with van der Waals surface area (Å²) in [6, 6.07) is 0. The molecule has 5 rings (SSSR count). The van der Waals surface area contributed by atoms with Crippen LogP contribution in [0.5, 0.6) is 0 Å². The minimum absolute atomic E-state index is 0.0420. The molecule has 8 nitrogen and oxygen atoms in total. The van der Waals surface area contributed by atoms with Gasteiger partial charge in [0.05, 0.1) is 43.4 Å². The zero-order valence-corrected chi connectivity index (χ0v) is 31.5. The van der Waals surface area contributed by atoms with Gasteiger partial charge in [0.2, 0.25) is 10.0 Å². The maximum Gasteiger partial charge on any atom is 0.211 e. The maximum atomic E-state index is 12.3. The number of ether oxygens (including phenoxy) is 3. The quantitative estimate of drug-likeness (QED) is 0.252. The number of hydrogen-bond donors (Lipinski definition) is 2. The summed E-state index contributed by atoms with van der Waals surface area (Å²) in [4.78, 5) is 0. The van der Waals surface area contributed by atoms with Gasteiger partial charge >= 0.3 is 0 Å². The van der Waals surface area contributed by atoms with E-state index < -0.39 is 21.7 Å². The van der Waals surface area contributed by atoms with Crippen LogP contribution in [0.15, 0.2) is 0 Å². The summed E-state index contributed by atoms with van der Waals surface area (Å²) in [5.74, 6) is 2.82. The van der Waals surface area contributed by atoms with E-state index in [0.717, 1.165) is 25.2 Å². The van der Waals surface area contributed by atoms with Crippen LogP contribution in [-0.4, -0.2) is 92.6 Å². The highest BCUT2D eigenvalue weighted by atomic mass is 32.2. The largest absolute Gasteiger partial charge is 0.388 e. The molecule has 5 aliphatic rings. The van der Waals surface area contributed by atoms with Crippen LogP contribution in [0.1, 0.15) is 113 Å². The molecule has 268 valence electrons. The Bertz CT molecular complexity index is 1190. The third kappa shape index (κ3) is 6.28. The minimum atomic E-state index is -3.31. The minimum Gasteiger partial charge on any atom is -0.388 e. The number of sulfonamides is 1. The predicted molar refractivity (Wildman–Crippen MR) is 182 cm³/mol. The van der Waals surface area contributed by atoms with Crippen LogP contribution in [0.4, 0.5) is 0 Å². The van der Waals surface area contributed by atoms with Crippen molar-refractivity contribution in [2.45, 2.75) is 143 Å². The Morgan fingerprint density at radius 1 is 1.00 bits per heavy atom. The molecular formula is C37H67NO7S. The van der Waals surface area contributed by atoms with Gasteiger partial charge in [-0.25, -0.2) is 8.42 Å². The smallest absolute Gasteiger partial charge is 0.211 e. The van der Waals surface area contributed by atoms with Crippen LogP contribution in [0.3, 0.4) is 0 Å². The molecule has 0 radical (unpaired) electrons. The lowest BCUT2D eigenvalue weighted by Crippen LogP contribution is -2.53. The van der Waals surface area contributed by atoms with Gasteiger partial charge in [0.15, 0.2) is 0 Å². The normalized spacial score (nSPS) is 44.4. The zero-order chi connectivity index (χ0) is 34.1. The molecule has 1 heterocycles. The summed E-state index contributed by atoms with van der Waals surface area (Å²) in [5.41, 5.74) is -0.148. The number of hydrogen-bond acceptors (Lipinski definition) is 7. The molecule has 0 aromatic carbocycles. The Morgan fingerprint density at radius 3 is 2.30 bits per heavy atom. The summed E-state index contributed by atoms with van der Waals surface area (Å²) in [5, 5.41) is 21.4. The van der Waals surface area contributed by atoms with Gasteiger partial charge in [0.1, 0.15) is 6.10 Å². The molecule has 0 aromatic heterocycles.